The molecule has 0 aromatic carbocycles. The van der Waals surface area contributed by atoms with Gasteiger partial charge in [-0.2, -0.15) is 0 Å². The molecule has 0 fully saturated rings. The Morgan fingerprint density at radius 1 is 1.56 bits per heavy atom. The predicted molar refractivity (Wildman–Crippen MR) is 36.7 cm³/mol. The van der Waals surface area contributed by atoms with E-state index in [1.165, 1.54) is 7.11 Å². The molecule has 0 aliphatic carbocycles. The molecule has 0 aromatic rings. The third-order valence-corrected chi connectivity index (χ3v) is 0.765. The molecule has 9 heavy (non-hydrogen) atoms. The van der Waals surface area contributed by atoms with Gasteiger partial charge in [0.05, 0.1) is 6.61 Å². The standard InChI is InChI=1S/C5H12O3.Li.H/c1-3-8-5(4-6)7-2;;/h5-6H,3-4H2,1-2H3;;. The Labute approximate surface area is 67.5 Å². The maximum atomic E-state index is 8.41. The van der Waals surface area contributed by atoms with E-state index >= 15 is 0 Å². The Morgan fingerprint density at radius 2 is 2.11 bits per heavy atom. The zero-order valence-corrected chi connectivity index (χ0v) is 5.26. The van der Waals surface area contributed by atoms with Gasteiger partial charge in [0.15, 0.2) is 6.29 Å². The van der Waals surface area contributed by atoms with Gasteiger partial charge in [-0.05, 0) is 6.92 Å². The van der Waals surface area contributed by atoms with Gasteiger partial charge in [0.1, 0.15) is 0 Å². The average Bonchev–Trinajstić information content (AvgIpc) is 1.83. The first-order chi connectivity index (χ1) is 3.85. The first kappa shape index (κ1) is 12.2. The molecule has 0 heterocycles. The fraction of sp³-hybridized carbons (Fsp3) is 1.00. The van der Waals surface area contributed by atoms with E-state index in [-0.39, 0.29) is 25.5 Å². The first-order valence-corrected chi connectivity index (χ1v) is 2.60. The molecule has 0 aliphatic heterocycles. The van der Waals surface area contributed by atoms with Crippen LogP contribution in [0.15, 0.2) is 0 Å². The molecule has 0 saturated heterocycles. The Hall–Kier alpha value is 0.477. The van der Waals surface area contributed by atoms with E-state index in [0.717, 1.165) is 0 Å². The second kappa shape index (κ2) is 8.48. The van der Waals surface area contributed by atoms with Crippen LogP contribution in [0.2, 0.25) is 0 Å². The van der Waals surface area contributed by atoms with Crippen LogP contribution < -0.4 is 0 Å². The number of rotatable bonds is 4. The number of aliphatic hydroxyl groups excluding tert-OH is 1. The summed E-state index contributed by atoms with van der Waals surface area (Å²) in [4.78, 5) is 0. The van der Waals surface area contributed by atoms with Crippen molar-refractivity contribution >= 4 is 18.9 Å². The van der Waals surface area contributed by atoms with Gasteiger partial charge in [-0.25, -0.2) is 0 Å². The summed E-state index contributed by atoms with van der Waals surface area (Å²) in [6.07, 6.45) is -0.444. The van der Waals surface area contributed by atoms with Crippen LogP contribution in [0.3, 0.4) is 0 Å². The summed E-state index contributed by atoms with van der Waals surface area (Å²) >= 11 is 0. The second-order valence-corrected chi connectivity index (χ2v) is 1.30. The van der Waals surface area contributed by atoms with Gasteiger partial charge >= 0.3 is 18.9 Å². The van der Waals surface area contributed by atoms with Crippen LogP contribution in [0.5, 0.6) is 0 Å². The first-order valence-electron chi connectivity index (χ1n) is 2.60. The van der Waals surface area contributed by atoms with Gasteiger partial charge in [0, 0.05) is 13.7 Å². The summed E-state index contributed by atoms with van der Waals surface area (Å²) in [5.41, 5.74) is 0. The van der Waals surface area contributed by atoms with Crippen LogP contribution in [0.1, 0.15) is 6.92 Å². The molecule has 4 heteroatoms. The van der Waals surface area contributed by atoms with Crippen molar-refractivity contribution < 1.29 is 14.6 Å². The summed E-state index contributed by atoms with van der Waals surface area (Å²) in [5, 5.41) is 8.41. The number of hydrogen-bond donors (Lipinski definition) is 1. The Bertz CT molecular complexity index is 47.5. The van der Waals surface area contributed by atoms with Crippen molar-refractivity contribution in [2.24, 2.45) is 0 Å². The summed E-state index contributed by atoms with van der Waals surface area (Å²) in [6, 6.07) is 0. The van der Waals surface area contributed by atoms with Crippen LogP contribution in [0, 0.1) is 0 Å². The quantitative estimate of drug-likeness (QED) is 0.403. The molecular weight excluding hydrogens is 115 g/mol. The third kappa shape index (κ3) is 6.36. The molecule has 52 valence electrons. The number of ether oxygens (including phenoxy) is 2. The van der Waals surface area contributed by atoms with Crippen molar-refractivity contribution in [1.29, 1.82) is 0 Å². The zero-order chi connectivity index (χ0) is 6.41. The van der Waals surface area contributed by atoms with E-state index in [4.69, 9.17) is 9.84 Å². The van der Waals surface area contributed by atoms with Crippen LogP contribution in [0.4, 0.5) is 0 Å². The van der Waals surface area contributed by atoms with Crippen molar-refractivity contribution in [1.82, 2.24) is 0 Å². The van der Waals surface area contributed by atoms with E-state index in [0.29, 0.717) is 6.61 Å². The summed E-state index contributed by atoms with van der Waals surface area (Å²) < 4.78 is 9.54. The molecule has 1 unspecified atom stereocenters. The molecule has 0 spiro atoms. The van der Waals surface area contributed by atoms with Crippen LogP contribution in [-0.4, -0.2) is 50.6 Å². The molecular formula is C5H13LiO3. The molecule has 0 aliphatic rings. The van der Waals surface area contributed by atoms with Gasteiger partial charge in [0.25, 0.3) is 0 Å². The maximum absolute atomic E-state index is 8.41. The topological polar surface area (TPSA) is 38.7 Å². The SMILES string of the molecule is CCOC(CO)OC.[LiH]. The van der Waals surface area contributed by atoms with Crippen molar-refractivity contribution in [2.75, 3.05) is 20.3 Å². The minimum atomic E-state index is -0.444. The van der Waals surface area contributed by atoms with Gasteiger partial charge in [-0.1, -0.05) is 0 Å². The zero-order valence-electron chi connectivity index (χ0n) is 5.26. The van der Waals surface area contributed by atoms with Crippen LogP contribution in [0.25, 0.3) is 0 Å². The summed E-state index contributed by atoms with van der Waals surface area (Å²) in [6.45, 7) is 2.34. The molecule has 1 atom stereocenters. The minimum absolute atomic E-state index is 0. The Morgan fingerprint density at radius 3 is 2.22 bits per heavy atom. The Balaban J connectivity index is 0. The fourth-order valence-corrected chi connectivity index (χ4v) is 0.381. The third-order valence-electron chi connectivity index (χ3n) is 0.765. The molecule has 3 nitrogen and oxygen atoms in total. The van der Waals surface area contributed by atoms with Crippen molar-refractivity contribution in [3.05, 3.63) is 0 Å². The monoisotopic (exact) mass is 128 g/mol. The van der Waals surface area contributed by atoms with E-state index in [9.17, 15) is 0 Å². The van der Waals surface area contributed by atoms with E-state index in [2.05, 4.69) is 4.74 Å². The average molecular weight is 128 g/mol. The molecule has 0 saturated carbocycles. The number of methoxy groups -OCH3 is 1. The van der Waals surface area contributed by atoms with E-state index < -0.39 is 6.29 Å². The van der Waals surface area contributed by atoms with Crippen molar-refractivity contribution in [2.45, 2.75) is 13.2 Å². The van der Waals surface area contributed by atoms with Crippen LogP contribution in [-0.2, 0) is 9.47 Å². The van der Waals surface area contributed by atoms with Crippen molar-refractivity contribution in [3.8, 4) is 0 Å². The molecule has 0 aromatic heterocycles. The molecule has 1 N–H and O–H groups in total. The summed E-state index contributed by atoms with van der Waals surface area (Å²) in [7, 11) is 1.50. The van der Waals surface area contributed by atoms with Crippen molar-refractivity contribution in [3.63, 3.8) is 0 Å². The molecule has 0 amide bonds. The second-order valence-electron chi connectivity index (χ2n) is 1.30. The predicted octanol–water partition coefficient (Wildman–Crippen LogP) is -0.661. The Kier molecular flexibility index (Phi) is 11.5. The van der Waals surface area contributed by atoms with E-state index in [1.807, 2.05) is 6.92 Å². The number of hydrogen-bond acceptors (Lipinski definition) is 3. The number of aliphatic hydroxyl groups is 1. The molecule has 0 radical (unpaired) electrons. The van der Waals surface area contributed by atoms with Crippen LogP contribution >= 0.6 is 0 Å². The van der Waals surface area contributed by atoms with Gasteiger partial charge < -0.3 is 14.6 Å². The normalized spacial score (nSPS) is 12.3. The molecule has 0 bridgehead atoms. The summed E-state index contributed by atoms with van der Waals surface area (Å²) in [5.74, 6) is 0. The molecule has 0 rings (SSSR count). The fourth-order valence-electron chi connectivity index (χ4n) is 0.381. The van der Waals surface area contributed by atoms with Gasteiger partial charge in [-0.3, -0.25) is 0 Å². The van der Waals surface area contributed by atoms with Gasteiger partial charge in [-0.15, -0.1) is 0 Å². The van der Waals surface area contributed by atoms with Gasteiger partial charge in [0.2, 0.25) is 0 Å². The van der Waals surface area contributed by atoms with E-state index in [1.54, 1.807) is 0 Å².